The SMILES string of the molecule is CCCCCC(C)(CCCC)c1ccccc1Br. The highest BCUT2D eigenvalue weighted by Gasteiger charge is 2.27. The third kappa shape index (κ3) is 4.42. The highest BCUT2D eigenvalue weighted by molar-refractivity contribution is 9.10. The summed E-state index contributed by atoms with van der Waals surface area (Å²) in [6.45, 7) is 7.01. The van der Waals surface area contributed by atoms with Gasteiger partial charge in [-0.05, 0) is 29.9 Å². The third-order valence-corrected chi connectivity index (χ3v) is 4.63. The Kier molecular flexibility index (Phi) is 6.99. The summed E-state index contributed by atoms with van der Waals surface area (Å²) < 4.78 is 1.28. The fraction of sp³-hybridized carbons (Fsp3) is 0.647. The Hall–Kier alpha value is -0.300. The van der Waals surface area contributed by atoms with E-state index in [9.17, 15) is 0 Å². The van der Waals surface area contributed by atoms with E-state index in [-0.39, 0.29) is 0 Å². The second kappa shape index (κ2) is 7.99. The molecule has 0 saturated heterocycles. The van der Waals surface area contributed by atoms with Crippen molar-refractivity contribution < 1.29 is 0 Å². The van der Waals surface area contributed by atoms with Crippen LogP contribution in [-0.4, -0.2) is 0 Å². The maximum Gasteiger partial charge on any atom is 0.0212 e. The molecular formula is C17H27Br. The molecule has 0 aliphatic carbocycles. The van der Waals surface area contributed by atoms with Gasteiger partial charge in [0, 0.05) is 4.47 Å². The molecule has 18 heavy (non-hydrogen) atoms. The molecular weight excluding hydrogens is 284 g/mol. The van der Waals surface area contributed by atoms with Gasteiger partial charge in [-0.15, -0.1) is 0 Å². The van der Waals surface area contributed by atoms with Crippen LogP contribution in [0.1, 0.15) is 71.3 Å². The first-order chi connectivity index (χ1) is 8.64. The van der Waals surface area contributed by atoms with Crippen molar-refractivity contribution in [3.63, 3.8) is 0 Å². The minimum Gasteiger partial charge on any atom is -0.0654 e. The molecule has 0 aliphatic heterocycles. The topological polar surface area (TPSA) is 0 Å². The maximum atomic E-state index is 3.73. The normalized spacial score (nSPS) is 14.4. The Bertz CT molecular complexity index is 345. The fourth-order valence-corrected chi connectivity index (χ4v) is 3.44. The highest BCUT2D eigenvalue weighted by Crippen LogP contribution is 2.38. The van der Waals surface area contributed by atoms with Gasteiger partial charge in [0.25, 0.3) is 0 Å². The van der Waals surface area contributed by atoms with E-state index in [1.54, 1.807) is 0 Å². The van der Waals surface area contributed by atoms with Gasteiger partial charge in [0.2, 0.25) is 0 Å². The van der Waals surface area contributed by atoms with E-state index in [0.29, 0.717) is 5.41 Å². The molecule has 0 radical (unpaired) electrons. The number of benzene rings is 1. The highest BCUT2D eigenvalue weighted by atomic mass is 79.9. The standard InChI is InChI=1S/C17H27Br/c1-4-6-10-14-17(3,13-7-5-2)15-11-8-9-12-16(15)18/h8-9,11-12H,4-7,10,13-14H2,1-3H3. The second-order valence-electron chi connectivity index (χ2n) is 5.60. The number of hydrogen-bond acceptors (Lipinski definition) is 0. The number of rotatable bonds is 8. The van der Waals surface area contributed by atoms with Gasteiger partial charge in [-0.2, -0.15) is 0 Å². The summed E-state index contributed by atoms with van der Waals surface area (Å²) in [5.41, 5.74) is 1.83. The van der Waals surface area contributed by atoms with Crippen LogP contribution in [0.4, 0.5) is 0 Å². The summed E-state index contributed by atoms with van der Waals surface area (Å²) in [7, 11) is 0. The molecule has 1 rings (SSSR count). The summed E-state index contributed by atoms with van der Waals surface area (Å²) in [4.78, 5) is 0. The molecule has 0 aliphatic rings. The Morgan fingerprint density at radius 2 is 1.56 bits per heavy atom. The van der Waals surface area contributed by atoms with Crippen molar-refractivity contribution in [1.29, 1.82) is 0 Å². The van der Waals surface area contributed by atoms with E-state index >= 15 is 0 Å². The van der Waals surface area contributed by atoms with Crippen LogP contribution in [0.5, 0.6) is 0 Å². The van der Waals surface area contributed by atoms with Crippen LogP contribution >= 0.6 is 15.9 Å². The quantitative estimate of drug-likeness (QED) is 0.482. The van der Waals surface area contributed by atoms with Crippen LogP contribution in [0.15, 0.2) is 28.7 Å². The number of hydrogen-bond donors (Lipinski definition) is 0. The zero-order valence-electron chi connectivity index (χ0n) is 12.1. The predicted octanol–water partition coefficient (Wildman–Crippen LogP) is 6.48. The zero-order valence-corrected chi connectivity index (χ0v) is 13.7. The van der Waals surface area contributed by atoms with Crippen molar-refractivity contribution in [2.75, 3.05) is 0 Å². The van der Waals surface area contributed by atoms with Gasteiger partial charge in [0.05, 0.1) is 0 Å². The van der Waals surface area contributed by atoms with Crippen molar-refractivity contribution >= 4 is 15.9 Å². The van der Waals surface area contributed by atoms with Crippen molar-refractivity contribution in [3.8, 4) is 0 Å². The van der Waals surface area contributed by atoms with E-state index in [0.717, 1.165) is 0 Å². The average Bonchev–Trinajstić information content (AvgIpc) is 2.37. The molecule has 1 unspecified atom stereocenters. The van der Waals surface area contributed by atoms with Gasteiger partial charge < -0.3 is 0 Å². The molecule has 0 saturated carbocycles. The number of halogens is 1. The molecule has 1 aromatic carbocycles. The van der Waals surface area contributed by atoms with Gasteiger partial charge in [0.1, 0.15) is 0 Å². The van der Waals surface area contributed by atoms with Gasteiger partial charge in [0.15, 0.2) is 0 Å². The molecule has 0 bridgehead atoms. The Labute approximate surface area is 121 Å². The van der Waals surface area contributed by atoms with E-state index in [1.165, 1.54) is 55.0 Å². The molecule has 1 heteroatoms. The largest absolute Gasteiger partial charge is 0.0654 e. The van der Waals surface area contributed by atoms with E-state index in [4.69, 9.17) is 0 Å². The lowest BCUT2D eigenvalue weighted by Gasteiger charge is -2.31. The van der Waals surface area contributed by atoms with Gasteiger partial charge in [-0.1, -0.05) is 87.0 Å². The van der Waals surface area contributed by atoms with Crippen LogP contribution in [0.2, 0.25) is 0 Å². The van der Waals surface area contributed by atoms with Crippen LogP contribution in [0.25, 0.3) is 0 Å². The van der Waals surface area contributed by atoms with E-state index in [2.05, 4.69) is 61.0 Å². The van der Waals surface area contributed by atoms with Crippen LogP contribution in [-0.2, 0) is 5.41 Å². The first kappa shape index (κ1) is 15.8. The smallest absolute Gasteiger partial charge is 0.0212 e. The lowest BCUT2D eigenvalue weighted by Crippen LogP contribution is -2.22. The second-order valence-corrected chi connectivity index (χ2v) is 6.46. The minimum absolute atomic E-state index is 0.339. The third-order valence-electron chi connectivity index (χ3n) is 3.94. The van der Waals surface area contributed by atoms with Crippen LogP contribution < -0.4 is 0 Å². The molecule has 0 aromatic heterocycles. The molecule has 1 aromatic rings. The number of unbranched alkanes of at least 4 members (excludes halogenated alkanes) is 3. The summed E-state index contributed by atoms with van der Waals surface area (Å²) in [6, 6.07) is 8.76. The zero-order chi connectivity index (χ0) is 13.4. The van der Waals surface area contributed by atoms with Crippen molar-refractivity contribution in [2.45, 2.75) is 71.1 Å². The van der Waals surface area contributed by atoms with Crippen molar-refractivity contribution in [2.24, 2.45) is 0 Å². The van der Waals surface area contributed by atoms with E-state index < -0.39 is 0 Å². The molecule has 0 spiro atoms. The first-order valence-electron chi connectivity index (χ1n) is 7.39. The Balaban J connectivity index is 2.85. The summed E-state index contributed by atoms with van der Waals surface area (Å²) >= 11 is 3.73. The minimum atomic E-state index is 0.339. The first-order valence-corrected chi connectivity index (χ1v) is 8.18. The summed E-state index contributed by atoms with van der Waals surface area (Å²) in [6.07, 6.45) is 9.22. The molecule has 1 atom stereocenters. The van der Waals surface area contributed by atoms with Gasteiger partial charge >= 0.3 is 0 Å². The lowest BCUT2D eigenvalue weighted by atomic mass is 9.74. The molecule has 0 N–H and O–H groups in total. The predicted molar refractivity (Wildman–Crippen MR) is 85.2 cm³/mol. The maximum absolute atomic E-state index is 3.73. The van der Waals surface area contributed by atoms with Gasteiger partial charge in [-0.3, -0.25) is 0 Å². The lowest BCUT2D eigenvalue weighted by molar-refractivity contribution is 0.369. The van der Waals surface area contributed by atoms with Gasteiger partial charge in [-0.25, -0.2) is 0 Å². The van der Waals surface area contributed by atoms with E-state index in [1.807, 2.05) is 0 Å². The molecule has 102 valence electrons. The van der Waals surface area contributed by atoms with Crippen molar-refractivity contribution in [1.82, 2.24) is 0 Å². The molecule has 0 heterocycles. The Morgan fingerprint density at radius 3 is 2.17 bits per heavy atom. The monoisotopic (exact) mass is 310 g/mol. The van der Waals surface area contributed by atoms with Crippen LogP contribution in [0, 0.1) is 0 Å². The summed E-state index contributed by atoms with van der Waals surface area (Å²) in [5.74, 6) is 0. The Morgan fingerprint density at radius 1 is 0.944 bits per heavy atom. The average molecular weight is 311 g/mol. The van der Waals surface area contributed by atoms with Crippen molar-refractivity contribution in [3.05, 3.63) is 34.3 Å². The molecule has 0 nitrogen and oxygen atoms in total. The molecule has 0 fully saturated rings. The fourth-order valence-electron chi connectivity index (χ4n) is 2.68. The van der Waals surface area contributed by atoms with Crippen LogP contribution in [0.3, 0.4) is 0 Å². The summed E-state index contributed by atoms with van der Waals surface area (Å²) in [5, 5.41) is 0. The molecule has 0 amide bonds.